The van der Waals surface area contributed by atoms with Crippen LogP contribution < -0.4 is 0 Å². The highest BCUT2D eigenvalue weighted by atomic mass is 15.0. The van der Waals surface area contributed by atoms with Gasteiger partial charge in [0, 0.05) is 55.0 Å². The van der Waals surface area contributed by atoms with Crippen molar-refractivity contribution in [3.8, 4) is 78.7 Å². The molecule has 0 radical (unpaired) electrons. The Hall–Kier alpha value is -9.12. The van der Waals surface area contributed by atoms with E-state index in [2.05, 4.69) is 260 Å². The van der Waals surface area contributed by atoms with E-state index in [0.717, 1.165) is 61.7 Å². The third kappa shape index (κ3) is 6.60. The molecule has 0 atom stereocenters. The molecule has 13 aromatic rings. The second-order valence-corrected chi connectivity index (χ2v) is 19.4. The van der Waals surface area contributed by atoms with Crippen molar-refractivity contribution in [2.45, 2.75) is 19.3 Å². The molecule has 0 saturated carbocycles. The van der Waals surface area contributed by atoms with Crippen LogP contribution in [0.15, 0.2) is 243 Å². The fraction of sp³-hybridized carbons (Fsp3) is 0.0448. The van der Waals surface area contributed by atoms with E-state index in [1.165, 1.54) is 65.9 Å². The summed E-state index contributed by atoms with van der Waals surface area (Å²) in [6.07, 6.45) is 0. The molecule has 10 aromatic carbocycles. The minimum atomic E-state index is -0.147. The van der Waals surface area contributed by atoms with Gasteiger partial charge in [0.1, 0.15) is 0 Å². The highest BCUT2D eigenvalue weighted by Gasteiger charge is 2.35. The Kier molecular flexibility index (Phi) is 9.21. The SMILES string of the molecule is CC1(C)c2ccccc2-c2ccc(-c3cc(-c4cc(-c5ccc6c(c5)c5ccccc5n6-c5ccccc5)cc(-c5ccc6c(c5)c5ccccc5n6-c5ccccc5)c4)nc(-c4ccccc4)n3)cc21. The van der Waals surface area contributed by atoms with E-state index in [1.807, 2.05) is 6.07 Å². The number of aromatic nitrogens is 4. The topological polar surface area (TPSA) is 35.6 Å². The van der Waals surface area contributed by atoms with Crippen LogP contribution in [0.1, 0.15) is 25.0 Å². The standard InChI is InChI=1S/C67H46N4/c1-67(2)58-27-15-12-24-52(58)53-33-30-46(41-59(53)67)60-42-61(69-66(68-60)43-18-6-3-7-19-43)49-37-47(44-31-34-64-56(39-44)54-25-13-16-28-62(54)70(64)50-20-8-4-9-21-50)36-48(38-49)45-32-35-65-57(40-45)55-26-14-17-29-63(55)71(65)51-22-10-5-11-23-51/h3-42H,1-2H3. The summed E-state index contributed by atoms with van der Waals surface area (Å²) >= 11 is 0. The molecule has 0 spiro atoms. The summed E-state index contributed by atoms with van der Waals surface area (Å²) in [6.45, 7) is 4.67. The van der Waals surface area contributed by atoms with Crippen LogP contribution in [0, 0.1) is 0 Å². The number of rotatable bonds is 7. The predicted molar refractivity (Wildman–Crippen MR) is 295 cm³/mol. The van der Waals surface area contributed by atoms with Crippen molar-refractivity contribution in [3.05, 3.63) is 254 Å². The Morgan fingerprint density at radius 1 is 0.296 bits per heavy atom. The number of para-hydroxylation sites is 4. The van der Waals surface area contributed by atoms with Gasteiger partial charge >= 0.3 is 0 Å². The maximum absolute atomic E-state index is 5.44. The van der Waals surface area contributed by atoms with Gasteiger partial charge < -0.3 is 9.13 Å². The first-order valence-corrected chi connectivity index (χ1v) is 24.5. The van der Waals surface area contributed by atoms with Crippen LogP contribution in [-0.2, 0) is 5.41 Å². The third-order valence-electron chi connectivity index (χ3n) is 14.9. The lowest BCUT2D eigenvalue weighted by Crippen LogP contribution is -2.14. The molecule has 4 nitrogen and oxygen atoms in total. The molecule has 0 unspecified atom stereocenters. The van der Waals surface area contributed by atoms with Gasteiger partial charge in [0.25, 0.3) is 0 Å². The van der Waals surface area contributed by atoms with E-state index < -0.39 is 0 Å². The molecule has 0 amide bonds. The summed E-state index contributed by atoms with van der Waals surface area (Å²) in [5.74, 6) is 0.693. The van der Waals surface area contributed by atoms with E-state index >= 15 is 0 Å². The summed E-state index contributed by atoms with van der Waals surface area (Å²) in [6, 6.07) is 88.0. The first-order valence-electron chi connectivity index (χ1n) is 24.5. The van der Waals surface area contributed by atoms with E-state index in [9.17, 15) is 0 Å². The van der Waals surface area contributed by atoms with Gasteiger partial charge in [-0.3, -0.25) is 0 Å². The van der Waals surface area contributed by atoms with Crippen molar-refractivity contribution in [1.29, 1.82) is 0 Å². The van der Waals surface area contributed by atoms with Gasteiger partial charge in [0.15, 0.2) is 5.82 Å². The summed E-state index contributed by atoms with van der Waals surface area (Å²) in [5, 5.41) is 4.86. The van der Waals surface area contributed by atoms with Gasteiger partial charge in [-0.15, -0.1) is 0 Å². The highest BCUT2D eigenvalue weighted by Crippen LogP contribution is 2.50. The second kappa shape index (κ2) is 16.0. The zero-order valence-corrected chi connectivity index (χ0v) is 39.4. The fourth-order valence-corrected chi connectivity index (χ4v) is 11.4. The van der Waals surface area contributed by atoms with Crippen LogP contribution in [0.2, 0.25) is 0 Å². The smallest absolute Gasteiger partial charge is 0.160 e. The van der Waals surface area contributed by atoms with Gasteiger partial charge in [-0.25, -0.2) is 9.97 Å². The molecule has 0 aliphatic heterocycles. The van der Waals surface area contributed by atoms with Crippen LogP contribution in [0.3, 0.4) is 0 Å². The van der Waals surface area contributed by atoms with Crippen LogP contribution in [-0.4, -0.2) is 19.1 Å². The van der Waals surface area contributed by atoms with Gasteiger partial charge in [0.05, 0.1) is 33.5 Å². The molecule has 4 heteroatoms. The van der Waals surface area contributed by atoms with Gasteiger partial charge in [-0.2, -0.15) is 0 Å². The van der Waals surface area contributed by atoms with Gasteiger partial charge in [0.2, 0.25) is 0 Å². The molecule has 1 aliphatic rings. The molecule has 334 valence electrons. The van der Waals surface area contributed by atoms with E-state index in [4.69, 9.17) is 9.97 Å². The van der Waals surface area contributed by atoms with E-state index in [0.29, 0.717) is 5.82 Å². The lowest BCUT2D eigenvalue weighted by Gasteiger charge is -2.22. The maximum Gasteiger partial charge on any atom is 0.160 e. The Morgan fingerprint density at radius 3 is 1.34 bits per heavy atom. The van der Waals surface area contributed by atoms with Crippen LogP contribution in [0.25, 0.3) is 122 Å². The molecule has 3 heterocycles. The third-order valence-corrected chi connectivity index (χ3v) is 14.9. The minimum Gasteiger partial charge on any atom is -0.309 e. The van der Waals surface area contributed by atoms with E-state index in [-0.39, 0.29) is 5.41 Å². The van der Waals surface area contributed by atoms with Crippen molar-refractivity contribution >= 4 is 43.6 Å². The van der Waals surface area contributed by atoms with Crippen molar-refractivity contribution in [2.75, 3.05) is 0 Å². The summed E-state index contributed by atoms with van der Waals surface area (Å²) in [5.41, 5.74) is 21.4. The van der Waals surface area contributed by atoms with Crippen molar-refractivity contribution in [2.24, 2.45) is 0 Å². The highest BCUT2D eigenvalue weighted by molar-refractivity contribution is 6.12. The number of hydrogen-bond donors (Lipinski definition) is 0. The quantitative estimate of drug-likeness (QED) is 0.160. The molecule has 3 aromatic heterocycles. The van der Waals surface area contributed by atoms with Crippen molar-refractivity contribution in [1.82, 2.24) is 19.1 Å². The lowest BCUT2D eigenvalue weighted by atomic mass is 9.82. The van der Waals surface area contributed by atoms with E-state index in [1.54, 1.807) is 0 Å². The number of benzene rings is 10. The molecule has 0 saturated heterocycles. The molecular weight excluding hydrogens is 861 g/mol. The summed E-state index contributed by atoms with van der Waals surface area (Å²) in [7, 11) is 0. The normalized spacial score (nSPS) is 12.8. The average molecular weight is 907 g/mol. The van der Waals surface area contributed by atoms with Crippen LogP contribution in [0.5, 0.6) is 0 Å². The molecule has 0 fully saturated rings. The second-order valence-electron chi connectivity index (χ2n) is 19.4. The molecule has 71 heavy (non-hydrogen) atoms. The Morgan fingerprint density at radius 2 is 0.746 bits per heavy atom. The van der Waals surface area contributed by atoms with Crippen LogP contribution >= 0.6 is 0 Å². The Balaban J connectivity index is 0.995. The first-order chi connectivity index (χ1) is 34.9. The Bertz CT molecular complexity index is 4060. The molecule has 1 aliphatic carbocycles. The van der Waals surface area contributed by atoms with Gasteiger partial charge in [-0.05, 0) is 136 Å². The molecular formula is C67H46N4. The molecule has 0 bridgehead atoms. The molecule has 14 rings (SSSR count). The largest absolute Gasteiger partial charge is 0.309 e. The number of fused-ring (bicyclic) bond motifs is 9. The zero-order valence-electron chi connectivity index (χ0n) is 39.4. The summed E-state index contributed by atoms with van der Waals surface area (Å²) < 4.78 is 4.76. The van der Waals surface area contributed by atoms with Crippen molar-refractivity contribution in [3.63, 3.8) is 0 Å². The van der Waals surface area contributed by atoms with Crippen LogP contribution in [0.4, 0.5) is 0 Å². The number of hydrogen-bond acceptors (Lipinski definition) is 2. The zero-order chi connectivity index (χ0) is 47.2. The maximum atomic E-state index is 5.44. The Labute approximate surface area is 412 Å². The lowest BCUT2D eigenvalue weighted by molar-refractivity contribution is 0.660. The predicted octanol–water partition coefficient (Wildman–Crippen LogP) is 17.3. The number of nitrogens with zero attached hydrogens (tertiary/aromatic N) is 4. The summed E-state index contributed by atoms with van der Waals surface area (Å²) in [4.78, 5) is 10.8. The fourth-order valence-electron chi connectivity index (χ4n) is 11.4. The first kappa shape index (κ1) is 40.9. The average Bonchev–Trinajstić information content (AvgIpc) is 4.03. The minimum absolute atomic E-state index is 0.147. The van der Waals surface area contributed by atoms with Gasteiger partial charge in [-0.1, -0.05) is 166 Å². The van der Waals surface area contributed by atoms with Crippen molar-refractivity contribution < 1.29 is 0 Å². The monoisotopic (exact) mass is 906 g/mol. The molecule has 0 N–H and O–H groups in total.